The lowest BCUT2D eigenvalue weighted by molar-refractivity contribution is -0.123. The Labute approximate surface area is 95.5 Å². The predicted octanol–water partition coefficient (Wildman–Crippen LogP) is 3.69. The summed E-state index contributed by atoms with van der Waals surface area (Å²) >= 11 is 1.70. The molecule has 0 spiro atoms. The molecule has 1 aromatic heterocycles. The zero-order chi connectivity index (χ0) is 10.7. The van der Waals surface area contributed by atoms with Gasteiger partial charge in [-0.1, -0.05) is 25.8 Å². The van der Waals surface area contributed by atoms with Gasteiger partial charge < -0.3 is 0 Å². The number of rotatable bonds is 3. The molecule has 82 valence electrons. The van der Waals surface area contributed by atoms with Gasteiger partial charge in [-0.25, -0.2) is 0 Å². The first-order valence-corrected chi connectivity index (χ1v) is 6.69. The van der Waals surface area contributed by atoms with Gasteiger partial charge in [-0.2, -0.15) is 0 Å². The minimum Gasteiger partial charge on any atom is -0.299 e. The molecule has 0 N–H and O–H groups in total. The fourth-order valence-corrected chi connectivity index (χ4v) is 3.17. The molecule has 1 saturated carbocycles. The van der Waals surface area contributed by atoms with E-state index >= 15 is 0 Å². The summed E-state index contributed by atoms with van der Waals surface area (Å²) in [4.78, 5) is 13.2. The van der Waals surface area contributed by atoms with Crippen LogP contribution in [0.1, 0.15) is 37.5 Å². The van der Waals surface area contributed by atoms with Crippen LogP contribution < -0.4 is 0 Å². The molecule has 1 aromatic rings. The number of carbonyl (C=O) groups excluding carboxylic acids is 1. The molecule has 2 rings (SSSR count). The van der Waals surface area contributed by atoms with Crippen LogP contribution in [0, 0.1) is 11.8 Å². The Balaban J connectivity index is 1.90. The monoisotopic (exact) mass is 222 g/mol. The maximum Gasteiger partial charge on any atom is 0.141 e. The van der Waals surface area contributed by atoms with Gasteiger partial charge in [-0.15, -0.1) is 11.3 Å². The minimum atomic E-state index is 0.343. The van der Waals surface area contributed by atoms with Gasteiger partial charge in [0.1, 0.15) is 5.78 Å². The standard InChI is InChI=1S/C13H18OS/c1-10-4-2-5-11(8-10)13(14)9-12-6-3-7-15-12/h3,6-7,10-11H,2,4-5,8-9H2,1H3. The van der Waals surface area contributed by atoms with E-state index in [9.17, 15) is 4.79 Å². The van der Waals surface area contributed by atoms with Crippen LogP contribution in [-0.4, -0.2) is 5.78 Å². The lowest BCUT2D eigenvalue weighted by Crippen LogP contribution is -2.22. The van der Waals surface area contributed by atoms with Crippen LogP contribution in [-0.2, 0) is 11.2 Å². The molecule has 0 saturated heterocycles. The molecule has 0 aromatic carbocycles. The number of carbonyl (C=O) groups is 1. The van der Waals surface area contributed by atoms with Crippen LogP contribution in [0.3, 0.4) is 0 Å². The third-order valence-electron chi connectivity index (χ3n) is 3.32. The Kier molecular flexibility index (Phi) is 3.57. The van der Waals surface area contributed by atoms with Crippen LogP contribution in [0.2, 0.25) is 0 Å². The van der Waals surface area contributed by atoms with E-state index in [2.05, 4.69) is 13.0 Å². The van der Waals surface area contributed by atoms with Gasteiger partial charge in [-0.05, 0) is 30.2 Å². The van der Waals surface area contributed by atoms with Crippen molar-refractivity contribution in [2.24, 2.45) is 11.8 Å². The summed E-state index contributed by atoms with van der Waals surface area (Å²) in [5, 5.41) is 2.05. The van der Waals surface area contributed by atoms with Crippen molar-refractivity contribution in [1.29, 1.82) is 0 Å². The first-order valence-electron chi connectivity index (χ1n) is 5.81. The zero-order valence-electron chi connectivity index (χ0n) is 9.24. The molecule has 0 aliphatic heterocycles. The fourth-order valence-electron chi connectivity index (χ4n) is 2.46. The normalized spacial score (nSPS) is 26.5. The first kappa shape index (κ1) is 10.9. The third-order valence-corrected chi connectivity index (χ3v) is 4.20. The smallest absolute Gasteiger partial charge is 0.141 e. The molecule has 15 heavy (non-hydrogen) atoms. The molecule has 2 atom stereocenters. The summed E-state index contributed by atoms with van der Waals surface area (Å²) in [6.07, 6.45) is 5.44. The lowest BCUT2D eigenvalue weighted by Gasteiger charge is -2.25. The van der Waals surface area contributed by atoms with E-state index in [0.717, 1.165) is 18.8 Å². The van der Waals surface area contributed by atoms with E-state index in [0.29, 0.717) is 18.1 Å². The van der Waals surface area contributed by atoms with Gasteiger partial charge in [0.2, 0.25) is 0 Å². The number of Topliss-reactive ketones (excluding diaryl/α,β-unsaturated/α-hetero) is 1. The molecular formula is C13H18OS. The van der Waals surface area contributed by atoms with Crippen LogP contribution in [0.15, 0.2) is 17.5 Å². The fraction of sp³-hybridized carbons (Fsp3) is 0.615. The van der Waals surface area contributed by atoms with E-state index in [1.165, 1.54) is 17.7 Å². The largest absolute Gasteiger partial charge is 0.299 e. The lowest BCUT2D eigenvalue weighted by atomic mass is 9.79. The van der Waals surface area contributed by atoms with E-state index in [-0.39, 0.29) is 0 Å². The Morgan fingerprint density at radius 1 is 1.53 bits per heavy atom. The topological polar surface area (TPSA) is 17.1 Å². The summed E-state index contributed by atoms with van der Waals surface area (Å²) in [7, 11) is 0. The molecule has 0 bridgehead atoms. The van der Waals surface area contributed by atoms with Crippen molar-refractivity contribution >= 4 is 17.1 Å². The maximum absolute atomic E-state index is 12.0. The summed E-state index contributed by atoms with van der Waals surface area (Å²) in [6, 6.07) is 4.09. The second kappa shape index (κ2) is 4.93. The van der Waals surface area contributed by atoms with Crippen molar-refractivity contribution in [3.05, 3.63) is 22.4 Å². The van der Waals surface area contributed by atoms with Gasteiger partial charge in [-0.3, -0.25) is 4.79 Å². The van der Waals surface area contributed by atoms with Gasteiger partial charge in [0.15, 0.2) is 0 Å². The quantitative estimate of drug-likeness (QED) is 0.762. The highest BCUT2D eigenvalue weighted by molar-refractivity contribution is 7.10. The van der Waals surface area contributed by atoms with Crippen molar-refractivity contribution in [2.75, 3.05) is 0 Å². The average molecular weight is 222 g/mol. The highest BCUT2D eigenvalue weighted by Crippen LogP contribution is 2.30. The zero-order valence-corrected chi connectivity index (χ0v) is 10.1. The van der Waals surface area contributed by atoms with Crippen molar-refractivity contribution in [3.8, 4) is 0 Å². The summed E-state index contributed by atoms with van der Waals surface area (Å²) < 4.78 is 0. The molecule has 0 radical (unpaired) electrons. The van der Waals surface area contributed by atoms with Crippen LogP contribution in [0.25, 0.3) is 0 Å². The molecule has 1 aliphatic rings. The number of hydrogen-bond donors (Lipinski definition) is 0. The van der Waals surface area contributed by atoms with Gasteiger partial charge >= 0.3 is 0 Å². The Morgan fingerprint density at radius 3 is 3.07 bits per heavy atom. The van der Waals surface area contributed by atoms with Gasteiger partial charge in [0.25, 0.3) is 0 Å². The van der Waals surface area contributed by atoms with E-state index in [1.807, 2.05) is 11.4 Å². The van der Waals surface area contributed by atoms with E-state index < -0.39 is 0 Å². The first-order chi connectivity index (χ1) is 7.25. The predicted molar refractivity (Wildman–Crippen MR) is 64.2 cm³/mol. The number of hydrogen-bond acceptors (Lipinski definition) is 2. The van der Waals surface area contributed by atoms with Gasteiger partial charge in [0, 0.05) is 17.2 Å². The third kappa shape index (κ3) is 2.91. The molecule has 1 aliphatic carbocycles. The van der Waals surface area contributed by atoms with Crippen molar-refractivity contribution < 1.29 is 4.79 Å². The summed E-state index contributed by atoms with van der Waals surface area (Å²) in [5.41, 5.74) is 0. The molecular weight excluding hydrogens is 204 g/mol. The highest BCUT2D eigenvalue weighted by atomic mass is 32.1. The van der Waals surface area contributed by atoms with Gasteiger partial charge in [0.05, 0.1) is 0 Å². The second-order valence-electron chi connectivity index (χ2n) is 4.69. The maximum atomic E-state index is 12.0. The number of thiophene rings is 1. The summed E-state index contributed by atoms with van der Waals surface area (Å²) in [5.74, 6) is 1.55. The molecule has 1 fully saturated rings. The van der Waals surface area contributed by atoms with Crippen LogP contribution in [0.5, 0.6) is 0 Å². The molecule has 1 heterocycles. The SMILES string of the molecule is CC1CCCC(C(=O)Cc2cccs2)C1. The molecule has 2 unspecified atom stereocenters. The molecule has 1 nitrogen and oxygen atoms in total. The van der Waals surface area contributed by atoms with E-state index in [4.69, 9.17) is 0 Å². The number of ketones is 1. The highest BCUT2D eigenvalue weighted by Gasteiger charge is 2.24. The van der Waals surface area contributed by atoms with Crippen LogP contribution in [0.4, 0.5) is 0 Å². The Morgan fingerprint density at radius 2 is 2.40 bits per heavy atom. The Hall–Kier alpha value is -0.630. The van der Waals surface area contributed by atoms with Crippen molar-refractivity contribution in [2.45, 2.75) is 39.0 Å². The van der Waals surface area contributed by atoms with E-state index in [1.54, 1.807) is 11.3 Å². The van der Waals surface area contributed by atoms with Crippen molar-refractivity contribution in [3.63, 3.8) is 0 Å². The minimum absolute atomic E-state index is 0.343. The second-order valence-corrected chi connectivity index (χ2v) is 5.72. The summed E-state index contributed by atoms with van der Waals surface area (Å²) in [6.45, 7) is 2.27. The molecule has 0 amide bonds. The molecule has 2 heteroatoms. The Bertz CT molecular complexity index is 315. The van der Waals surface area contributed by atoms with Crippen LogP contribution >= 0.6 is 11.3 Å². The average Bonchev–Trinajstić information content (AvgIpc) is 2.70. The van der Waals surface area contributed by atoms with Crippen molar-refractivity contribution in [1.82, 2.24) is 0 Å².